The molecule has 1 amide bonds. The van der Waals surface area contributed by atoms with Crippen LogP contribution in [0.2, 0.25) is 0 Å². The third kappa shape index (κ3) is 6.05. The van der Waals surface area contributed by atoms with Gasteiger partial charge in [0.2, 0.25) is 0 Å². The number of piperidine rings is 1. The summed E-state index contributed by atoms with van der Waals surface area (Å²) >= 11 is 0. The molecule has 2 aliphatic rings. The van der Waals surface area contributed by atoms with E-state index in [2.05, 4.69) is 20.2 Å². The van der Waals surface area contributed by atoms with Gasteiger partial charge in [0.1, 0.15) is 11.4 Å². The summed E-state index contributed by atoms with van der Waals surface area (Å²) in [5, 5.41) is 3.40. The first-order chi connectivity index (χ1) is 14.9. The van der Waals surface area contributed by atoms with Crippen molar-refractivity contribution >= 4 is 36.5 Å². The van der Waals surface area contributed by atoms with Crippen molar-refractivity contribution < 1.29 is 4.79 Å². The fourth-order valence-electron chi connectivity index (χ4n) is 4.53. The standard InChI is InChI=1S/C23H32N6O2.2ClH/c1-16-6-8-29(15-19-5-4-7-24-14-19)23(31)20(16)22(30)28-11-9-27(10-12-28)21-18(3)25-13-17(2)26-21;;/h6,8,13,19,24H,4-5,7,9-12,14-15H2,1-3H3;2*1H. The van der Waals surface area contributed by atoms with Crippen LogP contribution in [0, 0.1) is 26.7 Å². The predicted molar refractivity (Wildman–Crippen MR) is 135 cm³/mol. The number of halogens is 2. The Hall–Kier alpha value is -2.16. The van der Waals surface area contributed by atoms with Gasteiger partial charge in [-0.3, -0.25) is 14.6 Å². The molecule has 0 aromatic carbocycles. The van der Waals surface area contributed by atoms with E-state index in [1.165, 1.54) is 0 Å². The Morgan fingerprint density at radius 2 is 1.88 bits per heavy atom. The van der Waals surface area contributed by atoms with Crippen LogP contribution in [-0.2, 0) is 6.54 Å². The third-order valence-corrected chi connectivity index (χ3v) is 6.36. The fraction of sp³-hybridized carbons (Fsp3) is 0.565. The normalized spacial score (nSPS) is 18.3. The van der Waals surface area contributed by atoms with Crippen molar-refractivity contribution in [2.24, 2.45) is 5.92 Å². The topological polar surface area (TPSA) is 83.4 Å². The molecule has 182 valence electrons. The Balaban J connectivity index is 0.00000193. The van der Waals surface area contributed by atoms with Crippen LogP contribution in [0.25, 0.3) is 0 Å². The van der Waals surface area contributed by atoms with Crippen molar-refractivity contribution in [2.75, 3.05) is 44.2 Å². The quantitative estimate of drug-likeness (QED) is 0.699. The van der Waals surface area contributed by atoms with Crippen molar-refractivity contribution in [3.63, 3.8) is 0 Å². The Morgan fingerprint density at radius 3 is 2.55 bits per heavy atom. The first kappa shape index (κ1) is 27.1. The number of hydrogen-bond donors (Lipinski definition) is 1. The number of carbonyl (C=O) groups is 1. The number of rotatable bonds is 4. The molecule has 10 heteroatoms. The van der Waals surface area contributed by atoms with Gasteiger partial charge in [-0.25, -0.2) is 4.98 Å². The number of pyridine rings is 1. The molecule has 0 spiro atoms. The Morgan fingerprint density at radius 1 is 1.15 bits per heavy atom. The lowest BCUT2D eigenvalue weighted by Crippen LogP contribution is -2.50. The van der Waals surface area contributed by atoms with E-state index in [1.54, 1.807) is 15.7 Å². The van der Waals surface area contributed by atoms with Crippen molar-refractivity contribution in [2.45, 2.75) is 40.2 Å². The van der Waals surface area contributed by atoms with E-state index in [0.29, 0.717) is 44.2 Å². The summed E-state index contributed by atoms with van der Waals surface area (Å²) < 4.78 is 1.72. The first-order valence-corrected chi connectivity index (χ1v) is 11.2. The number of carbonyl (C=O) groups excluding carboxylic acids is 1. The third-order valence-electron chi connectivity index (χ3n) is 6.36. The molecule has 0 aliphatic carbocycles. The summed E-state index contributed by atoms with van der Waals surface area (Å²) in [7, 11) is 0. The van der Waals surface area contributed by atoms with Gasteiger partial charge in [-0.2, -0.15) is 0 Å². The highest BCUT2D eigenvalue weighted by atomic mass is 35.5. The molecule has 2 aliphatic heterocycles. The van der Waals surface area contributed by atoms with Crippen LogP contribution < -0.4 is 15.8 Å². The van der Waals surface area contributed by atoms with Crippen LogP contribution in [0.3, 0.4) is 0 Å². The predicted octanol–water partition coefficient (Wildman–Crippen LogP) is 2.37. The summed E-state index contributed by atoms with van der Waals surface area (Å²) in [6.45, 7) is 10.8. The minimum atomic E-state index is -0.168. The number of anilines is 1. The van der Waals surface area contributed by atoms with E-state index in [4.69, 9.17) is 0 Å². The monoisotopic (exact) mass is 496 g/mol. The minimum Gasteiger partial charge on any atom is -0.352 e. The van der Waals surface area contributed by atoms with Crippen molar-refractivity contribution in [3.8, 4) is 0 Å². The number of aromatic nitrogens is 3. The van der Waals surface area contributed by atoms with Crippen LogP contribution in [0.1, 0.15) is 40.2 Å². The Kier molecular flexibility index (Phi) is 9.70. The zero-order valence-corrected chi connectivity index (χ0v) is 21.2. The van der Waals surface area contributed by atoms with Gasteiger partial charge < -0.3 is 19.7 Å². The van der Waals surface area contributed by atoms with Gasteiger partial charge in [0.25, 0.3) is 11.5 Å². The van der Waals surface area contributed by atoms with Crippen molar-refractivity contribution in [1.82, 2.24) is 24.8 Å². The summed E-state index contributed by atoms with van der Waals surface area (Å²) in [5.41, 5.74) is 2.66. The maximum atomic E-state index is 13.3. The number of hydrogen-bond acceptors (Lipinski definition) is 6. The van der Waals surface area contributed by atoms with E-state index < -0.39 is 0 Å². The number of aryl methyl sites for hydroxylation is 3. The second kappa shape index (κ2) is 11.8. The minimum absolute atomic E-state index is 0. The zero-order valence-electron chi connectivity index (χ0n) is 19.5. The van der Waals surface area contributed by atoms with Crippen LogP contribution in [0.15, 0.2) is 23.3 Å². The molecule has 2 saturated heterocycles. The number of nitrogens with one attached hydrogen (secondary N) is 1. The lowest BCUT2D eigenvalue weighted by molar-refractivity contribution is 0.0743. The summed E-state index contributed by atoms with van der Waals surface area (Å²) in [6.07, 6.45) is 5.84. The van der Waals surface area contributed by atoms with Gasteiger partial charge in [0, 0.05) is 45.1 Å². The number of amides is 1. The number of nitrogens with zero attached hydrogens (tertiary/aromatic N) is 5. The molecular weight excluding hydrogens is 463 g/mol. The lowest BCUT2D eigenvalue weighted by Gasteiger charge is -2.36. The highest BCUT2D eigenvalue weighted by molar-refractivity contribution is 5.95. The van der Waals surface area contributed by atoms with Crippen molar-refractivity contribution in [3.05, 3.63) is 51.3 Å². The van der Waals surface area contributed by atoms with Crippen LogP contribution in [0.4, 0.5) is 5.82 Å². The van der Waals surface area contributed by atoms with Gasteiger partial charge in [-0.1, -0.05) is 0 Å². The molecule has 2 aromatic rings. The molecular formula is C23H34Cl2N6O2. The second-order valence-corrected chi connectivity index (χ2v) is 8.74. The van der Waals surface area contributed by atoms with E-state index in [-0.39, 0.29) is 36.3 Å². The Bertz CT molecular complexity index is 1010. The van der Waals surface area contributed by atoms with Gasteiger partial charge in [-0.05, 0) is 64.3 Å². The molecule has 4 heterocycles. The Labute approximate surface area is 207 Å². The lowest BCUT2D eigenvalue weighted by atomic mass is 9.99. The fourth-order valence-corrected chi connectivity index (χ4v) is 4.53. The highest BCUT2D eigenvalue weighted by Crippen LogP contribution is 2.19. The van der Waals surface area contributed by atoms with Crippen LogP contribution in [-0.4, -0.2) is 64.6 Å². The van der Waals surface area contributed by atoms with Crippen molar-refractivity contribution in [1.29, 1.82) is 0 Å². The second-order valence-electron chi connectivity index (χ2n) is 8.74. The first-order valence-electron chi connectivity index (χ1n) is 11.2. The average molecular weight is 497 g/mol. The molecule has 0 bridgehead atoms. The van der Waals surface area contributed by atoms with Crippen LogP contribution >= 0.6 is 24.8 Å². The van der Waals surface area contributed by atoms with Gasteiger partial charge in [-0.15, -0.1) is 24.8 Å². The molecule has 0 radical (unpaired) electrons. The van der Waals surface area contributed by atoms with E-state index in [1.807, 2.05) is 33.0 Å². The van der Waals surface area contributed by atoms with Gasteiger partial charge >= 0.3 is 0 Å². The summed E-state index contributed by atoms with van der Waals surface area (Å²) in [6, 6.07) is 1.90. The maximum Gasteiger partial charge on any atom is 0.263 e. The van der Waals surface area contributed by atoms with Crippen LogP contribution in [0.5, 0.6) is 0 Å². The molecule has 0 saturated carbocycles. The molecule has 2 aromatic heterocycles. The summed E-state index contributed by atoms with van der Waals surface area (Å²) in [5.74, 6) is 1.15. The summed E-state index contributed by atoms with van der Waals surface area (Å²) in [4.78, 5) is 39.5. The number of piperazine rings is 1. The van der Waals surface area contributed by atoms with Gasteiger partial charge in [0.15, 0.2) is 0 Å². The highest BCUT2D eigenvalue weighted by Gasteiger charge is 2.27. The SMILES string of the molecule is Cc1cnc(C)c(N2CCN(C(=O)c3c(C)ccn(CC4CCCNC4)c3=O)CC2)n1.Cl.Cl. The molecule has 1 unspecified atom stereocenters. The van der Waals surface area contributed by atoms with E-state index in [9.17, 15) is 9.59 Å². The molecule has 8 nitrogen and oxygen atoms in total. The molecule has 1 atom stereocenters. The largest absolute Gasteiger partial charge is 0.352 e. The zero-order chi connectivity index (χ0) is 22.0. The molecule has 33 heavy (non-hydrogen) atoms. The van der Waals surface area contributed by atoms with Gasteiger partial charge in [0.05, 0.1) is 11.4 Å². The van der Waals surface area contributed by atoms with E-state index >= 15 is 0 Å². The average Bonchev–Trinajstić information content (AvgIpc) is 2.78. The molecule has 1 N–H and O–H groups in total. The van der Waals surface area contributed by atoms with E-state index in [0.717, 1.165) is 48.7 Å². The molecule has 4 rings (SSSR count). The smallest absolute Gasteiger partial charge is 0.263 e. The maximum absolute atomic E-state index is 13.3. The molecule has 2 fully saturated rings.